The number of hydrogen-bond acceptors (Lipinski definition) is 7. The molecule has 2 N–H and O–H groups in total. The zero-order valence-corrected chi connectivity index (χ0v) is 15.3. The van der Waals surface area contributed by atoms with E-state index in [4.69, 9.17) is 9.47 Å². The SMILES string of the molecule is COc1ccc(/C=N\Nc2cc(C)nc(-c3ccccc3O)n2)c(OC)c1. The number of aromatic nitrogens is 2. The summed E-state index contributed by atoms with van der Waals surface area (Å²) in [6.45, 7) is 1.85. The zero-order chi connectivity index (χ0) is 19.2. The Morgan fingerprint density at radius 1 is 1.04 bits per heavy atom. The van der Waals surface area contributed by atoms with Crippen molar-refractivity contribution in [3.8, 4) is 28.6 Å². The van der Waals surface area contributed by atoms with Gasteiger partial charge in [-0.15, -0.1) is 0 Å². The van der Waals surface area contributed by atoms with Crippen LogP contribution in [0.2, 0.25) is 0 Å². The molecule has 7 heteroatoms. The number of phenolic OH excluding ortho intramolecular Hbond substituents is 1. The van der Waals surface area contributed by atoms with Gasteiger partial charge in [0.25, 0.3) is 0 Å². The molecule has 0 aliphatic heterocycles. The Morgan fingerprint density at radius 2 is 1.85 bits per heavy atom. The van der Waals surface area contributed by atoms with Crippen molar-refractivity contribution in [2.45, 2.75) is 6.92 Å². The third-order valence-electron chi connectivity index (χ3n) is 3.82. The van der Waals surface area contributed by atoms with Gasteiger partial charge in [-0.05, 0) is 31.2 Å². The Balaban J connectivity index is 1.83. The number of benzene rings is 2. The van der Waals surface area contributed by atoms with Crippen molar-refractivity contribution in [2.24, 2.45) is 5.10 Å². The number of methoxy groups -OCH3 is 2. The smallest absolute Gasteiger partial charge is 0.165 e. The van der Waals surface area contributed by atoms with Gasteiger partial charge >= 0.3 is 0 Å². The van der Waals surface area contributed by atoms with Crippen molar-refractivity contribution in [3.05, 3.63) is 59.8 Å². The molecule has 0 aliphatic carbocycles. The van der Waals surface area contributed by atoms with Crippen molar-refractivity contribution in [1.82, 2.24) is 9.97 Å². The van der Waals surface area contributed by atoms with Crippen molar-refractivity contribution in [2.75, 3.05) is 19.6 Å². The van der Waals surface area contributed by atoms with Gasteiger partial charge in [-0.1, -0.05) is 12.1 Å². The van der Waals surface area contributed by atoms with Gasteiger partial charge in [0.1, 0.15) is 17.2 Å². The molecule has 0 saturated carbocycles. The van der Waals surface area contributed by atoms with Crippen LogP contribution in [0.3, 0.4) is 0 Å². The highest BCUT2D eigenvalue weighted by Crippen LogP contribution is 2.27. The largest absolute Gasteiger partial charge is 0.507 e. The first-order valence-corrected chi connectivity index (χ1v) is 8.26. The van der Waals surface area contributed by atoms with Gasteiger partial charge in [-0.2, -0.15) is 5.10 Å². The van der Waals surface area contributed by atoms with Crippen LogP contribution in [0.4, 0.5) is 5.82 Å². The lowest BCUT2D eigenvalue weighted by molar-refractivity contribution is 0.394. The molecule has 0 atom stereocenters. The minimum atomic E-state index is 0.125. The number of hydrogen-bond donors (Lipinski definition) is 2. The summed E-state index contributed by atoms with van der Waals surface area (Å²) in [5.74, 6) is 2.42. The molecule has 0 radical (unpaired) electrons. The molecule has 138 valence electrons. The molecule has 0 fully saturated rings. The number of aromatic hydroxyl groups is 1. The summed E-state index contributed by atoms with van der Waals surface area (Å²) in [6.07, 6.45) is 1.63. The summed E-state index contributed by atoms with van der Waals surface area (Å²) in [4.78, 5) is 8.80. The van der Waals surface area contributed by atoms with Crippen molar-refractivity contribution >= 4 is 12.0 Å². The monoisotopic (exact) mass is 364 g/mol. The zero-order valence-electron chi connectivity index (χ0n) is 15.3. The van der Waals surface area contributed by atoms with Crippen LogP contribution in [-0.2, 0) is 0 Å². The van der Waals surface area contributed by atoms with Crippen molar-refractivity contribution in [3.63, 3.8) is 0 Å². The quantitative estimate of drug-likeness (QED) is 0.513. The highest BCUT2D eigenvalue weighted by molar-refractivity contribution is 5.84. The average Bonchev–Trinajstić information content (AvgIpc) is 2.68. The van der Waals surface area contributed by atoms with E-state index in [1.807, 2.05) is 25.1 Å². The molecule has 0 unspecified atom stereocenters. The van der Waals surface area contributed by atoms with Crippen LogP contribution in [0.5, 0.6) is 17.2 Å². The molecule has 0 amide bonds. The van der Waals surface area contributed by atoms with Crippen LogP contribution in [-0.4, -0.2) is 35.5 Å². The van der Waals surface area contributed by atoms with Gasteiger partial charge in [0.05, 0.1) is 26.0 Å². The van der Waals surface area contributed by atoms with E-state index in [2.05, 4.69) is 20.5 Å². The van der Waals surface area contributed by atoms with E-state index in [1.165, 1.54) is 0 Å². The van der Waals surface area contributed by atoms with Crippen LogP contribution in [0.15, 0.2) is 53.6 Å². The first-order valence-electron chi connectivity index (χ1n) is 8.26. The maximum Gasteiger partial charge on any atom is 0.165 e. The molecule has 27 heavy (non-hydrogen) atoms. The summed E-state index contributed by atoms with van der Waals surface area (Å²) in [6, 6.07) is 14.2. The molecule has 1 heterocycles. The van der Waals surface area contributed by atoms with E-state index >= 15 is 0 Å². The van der Waals surface area contributed by atoms with Crippen LogP contribution >= 0.6 is 0 Å². The van der Waals surface area contributed by atoms with Gasteiger partial charge in [0, 0.05) is 23.4 Å². The third-order valence-corrected chi connectivity index (χ3v) is 3.82. The number of aryl methyl sites for hydroxylation is 1. The number of rotatable bonds is 6. The number of nitrogens with zero attached hydrogens (tertiary/aromatic N) is 3. The molecule has 2 aromatic carbocycles. The normalized spacial score (nSPS) is 10.8. The number of para-hydroxylation sites is 1. The van der Waals surface area contributed by atoms with E-state index in [0.717, 1.165) is 11.3 Å². The average molecular weight is 364 g/mol. The fourth-order valence-electron chi connectivity index (χ4n) is 2.50. The summed E-state index contributed by atoms with van der Waals surface area (Å²) >= 11 is 0. The lowest BCUT2D eigenvalue weighted by atomic mass is 10.2. The van der Waals surface area contributed by atoms with Gasteiger partial charge in [0.15, 0.2) is 11.6 Å². The van der Waals surface area contributed by atoms with Gasteiger partial charge in [0.2, 0.25) is 0 Å². The maximum absolute atomic E-state index is 10.0. The minimum absolute atomic E-state index is 0.125. The fourth-order valence-corrected chi connectivity index (χ4v) is 2.50. The molecule has 0 saturated heterocycles. The lowest BCUT2D eigenvalue weighted by Crippen LogP contribution is -2.00. The Morgan fingerprint density at radius 3 is 2.59 bits per heavy atom. The van der Waals surface area contributed by atoms with Crippen molar-refractivity contribution in [1.29, 1.82) is 0 Å². The van der Waals surface area contributed by atoms with E-state index in [0.29, 0.717) is 28.7 Å². The Labute approximate surface area is 157 Å². The fraction of sp³-hybridized carbons (Fsp3) is 0.150. The topological polar surface area (TPSA) is 88.9 Å². The minimum Gasteiger partial charge on any atom is -0.507 e. The number of nitrogens with one attached hydrogen (secondary N) is 1. The molecule has 3 aromatic rings. The Hall–Kier alpha value is -3.61. The molecule has 0 spiro atoms. The van der Waals surface area contributed by atoms with Gasteiger partial charge in [-0.3, -0.25) is 5.43 Å². The molecule has 7 nitrogen and oxygen atoms in total. The highest BCUT2D eigenvalue weighted by atomic mass is 16.5. The molecule has 3 rings (SSSR count). The van der Waals surface area contributed by atoms with E-state index in [-0.39, 0.29) is 5.75 Å². The lowest BCUT2D eigenvalue weighted by Gasteiger charge is -2.08. The predicted molar refractivity (Wildman–Crippen MR) is 105 cm³/mol. The van der Waals surface area contributed by atoms with Crippen LogP contribution < -0.4 is 14.9 Å². The summed E-state index contributed by atoms with van der Waals surface area (Å²) in [7, 11) is 3.19. The summed E-state index contributed by atoms with van der Waals surface area (Å²) in [5, 5.41) is 14.2. The predicted octanol–water partition coefficient (Wildman–Crippen LogP) is 3.62. The van der Waals surface area contributed by atoms with Gasteiger partial charge in [-0.25, -0.2) is 9.97 Å². The third kappa shape index (κ3) is 4.33. The Bertz CT molecular complexity index is 973. The molecule has 0 bridgehead atoms. The molecular weight excluding hydrogens is 344 g/mol. The van der Waals surface area contributed by atoms with Crippen molar-refractivity contribution < 1.29 is 14.6 Å². The van der Waals surface area contributed by atoms with E-state index in [9.17, 15) is 5.11 Å². The number of hydrazone groups is 1. The number of phenols is 1. The van der Waals surface area contributed by atoms with E-state index in [1.54, 1.807) is 50.8 Å². The molecule has 0 aliphatic rings. The van der Waals surface area contributed by atoms with Crippen LogP contribution in [0.1, 0.15) is 11.3 Å². The summed E-state index contributed by atoms with van der Waals surface area (Å²) in [5.41, 5.74) is 5.00. The Kier molecular flexibility index (Phi) is 5.51. The van der Waals surface area contributed by atoms with Crippen LogP contribution in [0, 0.1) is 6.92 Å². The van der Waals surface area contributed by atoms with E-state index < -0.39 is 0 Å². The molecular formula is C20H20N4O3. The number of anilines is 1. The number of ether oxygens (including phenoxy) is 2. The second-order valence-electron chi connectivity index (χ2n) is 5.71. The summed E-state index contributed by atoms with van der Waals surface area (Å²) < 4.78 is 10.5. The maximum atomic E-state index is 10.0. The first kappa shape index (κ1) is 18.2. The second-order valence-corrected chi connectivity index (χ2v) is 5.71. The first-order chi connectivity index (χ1) is 13.1. The highest BCUT2D eigenvalue weighted by Gasteiger charge is 2.09. The molecule has 1 aromatic heterocycles. The van der Waals surface area contributed by atoms with Gasteiger partial charge < -0.3 is 14.6 Å². The standard InChI is InChI=1S/C20H20N4O3/c1-13-10-19(23-20(22-13)16-6-4-5-7-17(16)25)24-21-12-14-8-9-15(26-2)11-18(14)27-3/h4-12,25H,1-3H3,(H,22,23,24)/b21-12-. The van der Waals surface area contributed by atoms with Crippen LogP contribution in [0.25, 0.3) is 11.4 Å². The second kappa shape index (κ2) is 8.18.